The summed E-state index contributed by atoms with van der Waals surface area (Å²) >= 11 is 0. The van der Waals surface area contributed by atoms with Crippen LogP contribution in [0.15, 0.2) is 12.4 Å². The number of nitrogens with one attached hydrogen (secondary N) is 1. The highest BCUT2D eigenvalue weighted by molar-refractivity contribution is 5.41. The number of anilines is 1. The molecule has 1 N–H and O–H groups in total. The van der Waals surface area contributed by atoms with Crippen molar-refractivity contribution in [1.82, 2.24) is 15.3 Å². The lowest BCUT2D eigenvalue weighted by Gasteiger charge is -2.31. The van der Waals surface area contributed by atoms with Crippen LogP contribution in [0, 0.1) is 0 Å². The molecule has 1 atom stereocenters. The van der Waals surface area contributed by atoms with Crippen LogP contribution in [0.25, 0.3) is 0 Å². The normalized spacial score (nSPS) is 18.8. The Hall–Kier alpha value is -1.36. The minimum absolute atomic E-state index is 0.132. The SMILES string of the molecule is CCCN(CC1CCCCN1)c1cc(OC(C)C)ncn1. The molecule has 1 saturated heterocycles. The summed E-state index contributed by atoms with van der Waals surface area (Å²) in [6, 6.07) is 2.52. The Bertz CT molecular complexity index is 418. The Morgan fingerprint density at radius 3 is 2.90 bits per heavy atom. The molecule has 0 aromatic carbocycles. The molecule has 5 heteroatoms. The first-order valence-corrected chi connectivity index (χ1v) is 8.16. The van der Waals surface area contributed by atoms with Gasteiger partial charge in [0.2, 0.25) is 5.88 Å². The van der Waals surface area contributed by atoms with E-state index in [2.05, 4.69) is 27.1 Å². The summed E-state index contributed by atoms with van der Waals surface area (Å²) in [5, 5.41) is 3.61. The molecular formula is C16H28N4O. The lowest BCUT2D eigenvalue weighted by atomic mass is 10.0. The Morgan fingerprint density at radius 2 is 2.24 bits per heavy atom. The van der Waals surface area contributed by atoms with Crippen molar-refractivity contribution in [2.24, 2.45) is 0 Å². The molecule has 1 fully saturated rings. The van der Waals surface area contributed by atoms with Gasteiger partial charge in [-0.05, 0) is 39.7 Å². The number of ether oxygens (including phenoxy) is 1. The fourth-order valence-corrected chi connectivity index (χ4v) is 2.72. The second-order valence-corrected chi connectivity index (χ2v) is 5.97. The van der Waals surface area contributed by atoms with Crippen molar-refractivity contribution in [3.05, 3.63) is 12.4 Å². The van der Waals surface area contributed by atoms with Crippen molar-refractivity contribution in [1.29, 1.82) is 0 Å². The highest BCUT2D eigenvalue weighted by atomic mass is 16.5. The first kappa shape index (κ1) is 16.0. The van der Waals surface area contributed by atoms with Gasteiger partial charge in [-0.25, -0.2) is 9.97 Å². The van der Waals surface area contributed by atoms with Crippen molar-refractivity contribution in [3.63, 3.8) is 0 Å². The van der Waals surface area contributed by atoms with Gasteiger partial charge in [-0.1, -0.05) is 13.3 Å². The third-order valence-corrected chi connectivity index (χ3v) is 3.65. The molecule has 1 unspecified atom stereocenters. The quantitative estimate of drug-likeness (QED) is 0.837. The second-order valence-electron chi connectivity index (χ2n) is 5.97. The fraction of sp³-hybridized carbons (Fsp3) is 0.750. The third-order valence-electron chi connectivity index (χ3n) is 3.65. The van der Waals surface area contributed by atoms with Gasteiger partial charge in [0, 0.05) is 25.2 Å². The van der Waals surface area contributed by atoms with Crippen LogP contribution in [-0.2, 0) is 0 Å². The summed E-state index contributed by atoms with van der Waals surface area (Å²) < 4.78 is 5.68. The van der Waals surface area contributed by atoms with Gasteiger partial charge in [-0.3, -0.25) is 0 Å². The monoisotopic (exact) mass is 292 g/mol. The van der Waals surface area contributed by atoms with E-state index in [0.717, 1.165) is 31.9 Å². The summed E-state index contributed by atoms with van der Waals surface area (Å²) in [5.74, 6) is 1.63. The van der Waals surface area contributed by atoms with E-state index in [1.54, 1.807) is 6.33 Å². The fourth-order valence-electron chi connectivity index (χ4n) is 2.72. The maximum Gasteiger partial charge on any atom is 0.218 e. The number of hydrogen-bond donors (Lipinski definition) is 1. The van der Waals surface area contributed by atoms with Crippen molar-refractivity contribution in [2.75, 3.05) is 24.5 Å². The molecule has 5 nitrogen and oxygen atoms in total. The van der Waals surface area contributed by atoms with Crippen molar-refractivity contribution in [3.8, 4) is 5.88 Å². The maximum absolute atomic E-state index is 5.68. The largest absolute Gasteiger partial charge is 0.475 e. The summed E-state index contributed by atoms with van der Waals surface area (Å²) in [7, 11) is 0. The Kier molecular flexibility index (Phi) is 6.23. The summed E-state index contributed by atoms with van der Waals surface area (Å²) in [5.41, 5.74) is 0. The molecule has 0 amide bonds. The van der Waals surface area contributed by atoms with E-state index in [9.17, 15) is 0 Å². The van der Waals surface area contributed by atoms with Crippen LogP contribution in [-0.4, -0.2) is 41.7 Å². The van der Waals surface area contributed by atoms with E-state index in [1.807, 2.05) is 19.9 Å². The van der Waals surface area contributed by atoms with E-state index in [0.29, 0.717) is 11.9 Å². The standard InChI is InChI=1S/C16H28N4O/c1-4-9-20(11-14-7-5-6-8-17-14)15-10-16(19-12-18-15)21-13(2)3/h10,12-14,17H,4-9,11H2,1-3H3. The van der Waals surface area contributed by atoms with Crippen molar-refractivity contribution in [2.45, 2.75) is 58.6 Å². The molecule has 0 spiro atoms. The molecule has 1 aliphatic heterocycles. The van der Waals surface area contributed by atoms with Gasteiger partial charge < -0.3 is 15.0 Å². The van der Waals surface area contributed by atoms with E-state index < -0.39 is 0 Å². The van der Waals surface area contributed by atoms with Gasteiger partial charge in [0.15, 0.2) is 0 Å². The molecule has 1 aromatic rings. The molecule has 1 aromatic heterocycles. The van der Waals surface area contributed by atoms with Crippen molar-refractivity contribution < 1.29 is 4.74 Å². The van der Waals surface area contributed by atoms with E-state index in [1.165, 1.54) is 19.3 Å². The molecular weight excluding hydrogens is 264 g/mol. The first-order valence-electron chi connectivity index (χ1n) is 8.16. The molecule has 0 bridgehead atoms. The first-order chi connectivity index (χ1) is 10.2. The average Bonchev–Trinajstić information content (AvgIpc) is 2.47. The molecule has 0 aliphatic carbocycles. The molecule has 21 heavy (non-hydrogen) atoms. The van der Waals surface area contributed by atoms with Crippen LogP contribution in [0.5, 0.6) is 5.88 Å². The summed E-state index contributed by atoms with van der Waals surface area (Å²) in [6.45, 7) is 9.38. The van der Waals surface area contributed by atoms with E-state index in [-0.39, 0.29) is 6.10 Å². The van der Waals surface area contributed by atoms with Crippen LogP contribution in [0.2, 0.25) is 0 Å². The molecule has 118 valence electrons. The van der Waals surface area contributed by atoms with E-state index in [4.69, 9.17) is 4.74 Å². The predicted octanol–water partition coefficient (Wildman–Crippen LogP) is 2.62. The maximum atomic E-state index is 5.68. The number of nitrogens with zero attached hydrogens (tertiary/aromatic N) is 3. The Labute approximate surface area is 128 Å². The highest BCUT2D eigenvalue weighted by Gasteiger charge is 2.18. The van der Waals surface area contributed by atoms with Gasteiger partial charge in [-0.2, -0.15) is 0 Å². The number of rotatable bonds is 7. The third kappa shape index (κ3) is 5.16. The average molecular weight is 292 g/mol. The zero-order chi connectivity index (χ0) is 15.1. The lowest BCUT2D eigenvalue weighted by Crippen LogP contribution is -2.44. The van der Waals surface area contributed by atoms with Gasteiger partial charge in [0.1, 0.15) is 12.1 Å². The van der Waals surface area contributed by atoms with Crippen LogP contribution >= 0.6 is 0 Å². The van der Waals surface area contributed by atoms with Crippen LogP contribution in [0.1, 0.15) is 46.5 Å². The Balaban J connectivity index is 2.05. The van der Waals surface area contributed by atoms with Crippen LogP contribution in [0.4, 0.5) is 5.82 Å². The number of hydrogen-bond acceptors (Lipinski definition) is 5. The number of piperidine rings is 1. The second kappa shape index (κ2) is 8.17. The minimum atomic E-state index is 0.132. The molecule has 0 saturated carbocycles. The smallest absolute Gasteiger partial charge is 0.218 e. The van der Waals surface area contributed by atoms with Crippen LogP contribution in [0.3, 0.4) is 0 Å². The number of aromatic nitrogens is 2. The van der Waals surface area contributed by atoms with Gasteiger partial charge in [0.05, 0.1) is 6.10 Å². The van der Waals surface area contributed by atoms with Gasteiger partial charge in [-0.15, -0.1) is 0 Å². The topological polar surface area (TPSA) is 50.3 Å². The summed E-state index contributed by atoms with van der Waals surface area (Å²) in [6.07, 6.45) is 6.71. The van der Waals surface area contributed by atoms with Crippen molar-refractivity contribution >= 4 is 5.82 Å². The Morgan fingerprint density at radius 1 is 1.38 bits per heavy atom. The summed E-state index contributed by atoms with van der Waals surface area (Å²) in [4.78, 5) is 11.0. The predicted molar refractivity (Wildman–Crippen MR) is 85.9 cm³/mol. The molecule has 1 aliphatic rings. The van der Waals surface area contributed by atoms with E-state index >= 15 is 0 Å². The zero-order valence-corrected chi connectivity index (χ0v) is 13.5. The van der Waals surface area contributed by atoms with Gasteiger partial charge in [0.25, 0.3) is 0 Å². The highest BCUT2D eigenvalue weighted by Crippen LogP contribution is 2.19. The minimum Gasteiger partial charge on any atom is -0.475 e. The van der Waals surface area contributed by atoms with Crippen LogP contribution < -0.4 is 15.0 Å². The molecule has 2 heterocycles. The lowest BCUT2D eigenvalue weighted by molar-refractivity contribution is 0.232. The molecule has 2 rings (SSSR count). The van der Waals surface area contributed by atoms with Gasteiger partial charge >= 0.3 is 0 Å². The zero-order valence-electron chi connectivity index (χ0n) is 13.5. The molecule has 0 radical (unpaired) electrons.